The zero-order valence-electron chi connectivity index (χ0n) is 20.7. The first-order valence-corrected chi connectivity index (χ1v) is 13.1. The van der Waals surface area contributed by atoms with Crippen LogP contribution in [0.5, 0.6) is 0 Å². The van der Waals surface area contributed by atoms with Crippen molar-refractivity contribution in [3.63, 3.8) is 0 Å². The van der Waals surface area contributed by atoms with E-state index in [9.17, 15) is 9.59 Å². The van der Waals surface area contributed by atoms with Crippen molar-refractivity contribution in [2.45, 2.75) is 142 Å². The molecule has 0 spiro atoms. The molecule has 0 bridgehead atoms. The van der Waals surface area contributed by atoms with E-state index in [4.69, 9.17) is 14.9 Å². The molecular formula is C26H52O5. The van der Waals surface area contributed by atoms with Gasteiger partial charge in [0.15, 0.2) is 0 Å². The summed E-state index contributed by atoms with van der Waals surface area (Å²) >= 11 is 0. The van der Waals surface area contributed by atoms with Crippen molar-refractivity contribution in [2.24, 2.45) is 0 Å². The Bertz CT molecular complexity index is 371. The number of rotatable bonds is 22. The van der Waals surface area contributed by atoms with Crippen LogP contribution in [0.1, 0.15) is 142 Å². The lowest BCUT2D eigenvalue weighted by atomic mass is 10.1. The summed E-state index contributed by atoms with van der Waals surface area (Å²) in [5, 5.41) is 16.9. The molecule has 0 saturated carbocycles. The van der Waals surface area contributed by atoms with Gasteiger partial charge in [0.1, 0.15) is 6.61 Å². The maximum absolute atomic E-state index is 11.1. The van der Waals surface area contributed by atoms with Gasteiger partial charge < -0.3 is 14.9 Å². The molecular weight excluding hydrogens is 392 g/mol. The molecule has 5 heteroatoms. The van der Waals surface area contributed by atoms with Gasteiger partial charge in [-0.2, -0.15) is 0 Å². The Labute approximate surface area is 192 Å². The number of carboxylic acids is 1. The molecule has 2 N–H and O–H groups in total. The third-order valence-electron chi connectivity index (χ3n) is 5.33. The van der Waals surface area contributed by atoms with Crippen LogP contribution in [0.3, 0.4) is 0 Å². The second-order valence-corrected chi connectivity index (χ2v) is 8.49. The minimum Gasteiger partial charge on any atom is -0.481 e. The summed E-state index contributed by atoms with van der Waals surface area (Å²) < 4.78 is 4.77. The van der Waals surface area contributed by atoms with Crippen molar-refractivity contribution in [1.82, 2.24) is 0 Å². The van der Waals surface area contributed by atoms with E-state index in [1.165, 1.54) is 89.9 Å². The monoisotopic (exact) mass is 444 g/mol. The molecule has 0 unspecified atom stereocenters. The molecule has 0 aliphatic heterocycles. The predicted octanol–water partition coefficient (Wildman–Crippen LogP) is 7.43. The van der Waals surface area contributed by atoms with Crippen LogP contribution < -0.4 is 0 Å². The second kappa shape index (κ2) is 28.9. The summed E-state index contributed by atoms with van der Waals surface area (Å²) in [6.45, 7) is 4.52. The van der Waals surface area contributed by atoms with Crippen molar-refractivity contribution in [1.29, 1.82) is 0 Å². The van der Waals surface area contributed by atoms with Gasteiger partial charge in [-0.25, -0.2) is 0 Å². The minimum absolute atomic E-state index is 0.0799. The smallest absolute Gasteiger partial charge is 0.305 e. The van der Waals surface area contributed by atoms with Crippen LogP contribution in [0.4, 0.5) is 0 Å². The molecule has 0 aromatic carbocycles. The summed E-state index contributed by atoms with van der Waals surface area (Å²) in [5.74, 6) is -0.838. The molecule has 0 fully saturated rings. The van der Waals surface area contributed by atoms with Crippen molar-refractivity contribution >= 4 is 11.9 Å². The number of ether oxygens (including phenoxy) is 1. The molecule has 0 rings (SSSR count). The van der Waals surface area contributed by atoms with E-state index >= 15 is 0 Å². The van der Waals surface area contributed by atoms with E-state index in [0.29, 0.717) is 12.8 Å². The fourth-order valence-electron chi connectivity index (χ4n) is 3.40. The van der Waals surface area contributed by atoms with E-state index in [1.807, 2.05) is 0 Å². The van der Waals surface area contributed by atoms with Gasteiger partial charge in [-0.15, -0.1) is 0 Å². The molecule has 0 aliphatic rings. The summed E-state index contributed by atoms with van der Waals surface area (Å²) in [4.78, 5) is 21.3. The minimum atomic E-state index is -0.659. The van der Waals surface area contributed by atoms with Crippen LogP contribution in [0.15, 0.2) is 0 Å². The Morgan fingerprint density at radius 2 is 0.935 bits per heavy atom. The number of carbonyl (C=O) groups is 2. The summed E-state index contributed by atoms with van der Waals surface area (Å²) in [5.41, 5.74) is 0. The number of hydrogen-bond acceptors (Lipinski definition) is 4. The number of esters is 1. The van der Waals surface area contributed by atoms with Gasteiger partial charge in [0, 0.05) is 12.8 Å². The van der Waals surface area contributed by atoms with Crippen LogP contribution in [-0.2, 0) is 14.3 Å². The predicted molar refractivity (Wildman–Crippen MR) is 129 cm³/mol. The fraction of sp³-hybridized carbons (Fsp3) is 0.923. The third-order valence-corrected chi connectivity index (χ3v) is 5.33. The lowest BCUT2D eigenvalue weighted by Crippen LogP contribution is -2.07. The SMILES string of the molecule is CCCCCCCCCCCC(=O)O.CCCCCCCCCCCC(=O)OCCO. The number of carboxylic acid groups (broad SMARTS) is 1. The topological polar surface area (TPSA) is 83.8 Å². The molecule has 0 aromatic rings. The van der Waals surface area contributed by atoms with Crippen LogP contribution in [0, 0.1) is 0 Å². The molecule has 0 saturated heterocycles. The van der Waals surface area contributed by atoms with Gasteiger partial charge >= 0.3 is 11.9 Å². The quantitative estimate of drug-likeness (QED) is 0.134. The second-order valence-electron chi connectivity index (χ2n) is 8.49. The van der Waals surface area contributed by atoms with Crippen LogP contribution >= 0.6 is 0 Å². The third kappa shape index (κ3) is 33.7. The first kappa shape index (κ1) is 32.1. The lowest BCUT2D eigenvalue weighted by Gasteiger charge is -2.03. The van der Waals surface area contributed by atoms with Crippen molar-refractivity contribution in [3.05, 3.63) is 0 Å². The van der Waals surface area contributed by atoms with Crippen molar-refractivity contribution in [2.75, 3.05) is 13.2 Å². The number of aliphatic hydroxyl groups is 1. The van der Waals surface area contributed by atoms with Gasteiger partial charge in [0.05, 0.1) is 6.61 Å². The van der Waals surface area contributed by atoms with Crippen molar-refractivity contribution in [3.8, 4) is 0 Å². The van der Waals surface area contributed by atoms with Gasteiger partial charge in [-0.3, -0.25) is 9.59 Å². The molecule has 0 atom stereocenters. The number of aliphatic hydroxyl groups excluding tert-OH is 1. The largest absolute Gasteiger partial charge is 0.481 e. The standard InChI is InChI=1S/C14H28O3.C12H24O2/c1-2-3-4-5-6-7-8-9-10-11-14(16)17-13-12-15;1-2-3-4-5-6-7-8-9-10-11-12(13)14/h15H,2-13H2,1H3;2-11H2,1H3,(H,13,14). The first-order valence-electron chi connectivity index (χ1n) is 13.1. The zero-order chi connectivity index (χ0) is 23.4. The Hall–Kier alpha value is -1.10. The highest BCUT2D eigenvalue weighted by atomic mass is 16.5. The molecule has 31 heavy (non-hydrogen) atoms. The number of aliphatic carboxylic acids is 1. The summed E-state index contributed by atoms with van der Waals surface area (Å²) in [6, 6.07) is 0. The van der Waals surface area contributed by atoms with Gasteiger partial charge in [-0.1, -0.05) is 117 Å². The fourth-order valence-corrected chi connectivity index (χ4v) is 3.40. The summed E-state index contributed by atoms with van der Waals surface area (Å²) in [7, 11) is 0. The Balaban J connectivity index is 0. The first-order chi connectivity index (χ1) is 15.1. The highest BCUT2D eigenvalue weighted by Gasteiger charge is 2.01. The van der Waals surface area contributed by atoms with E-state index in [0.717, 1.165) is 25.7 Å². The summed E-state index contributed by atoms with van der Waals surface area (Å²) in [6.07, 6.45) is 23.2. The normalized spacial score (nSPS) is 10.4. The number of unbranched alkanes of at least 4 members (excludes halogenated alkanes) is 16. The lowest BCUT2D eigenvalue weighted by molar-refractivity contribution is -0.144. The van der Waals surface area contributed by atoms with E-state index in [2.05, 4.69) is 13.8 Å². The Morgan fingerprint density at radius 3 is 1.29 bits per heavy atom. The van der Waals surface area contributed by atoms with E-state index < -0.39 is 5.97 Å². The van der Waals surface area contributed by atoms with Gasteiger partial charge in [-0.05, 0) is 12.8 Å². The van der Waals surface area contributed by atoms with Gasteiger partial charge in [0.25, 0.3) is 0 Å². The van der Waals surface area contributed by atoms with E-state index in [-0.39, 0.29) is 19.2 Å². The molecule has 0 aromatic heterocycles. The molecule has 0 heterocycles. The molecule has 0 radical (unpaired) electrons. The maximum Gasteiger partial charge on any atom is 0.305 e. The van der Waals surface area contributed by atoms with Crippen LogP contribution in [-0.4, -0.2) is 35.4 Å². The molecule has 5 nitrogen and oxygen atoms in total. The molecule has 0 amide bonds. The average molecular weight is 445 g/mol. The van der Waals surface area contributed by atoms with Crippen molar-refractivity contribution < 1.29 is 24.5 Å². The highest BCUT2D eigenvalue weighted by Crippen LogP contribution is 2.11. The molecule has 0 aliphatic carbocycles. The number of carbonyl (C=O) groups excluding carboxylic acids is 1. The van der Waals surface area contributed by atoms with E-state index in [1.54, 1.807) is 0 Å². The van der Waals surface area contributed by atoms with Crippen LogP contribution in [0.2, 0.25) is 0 Å². The Morgan fingerprint density at radius 1 is 0.581 bits per heavy atom. The molecule has 186 valence electrons. The number of hydrogen-bond donors (Lipinski definition) is 2. The Kier molecular flexibility index (Phi) is 29.9. The average Bonchev–Trinajstić information content (AvgIpc) is 2.75. The maximum atomic E-state index is 11.1. The zero-order valence-corrected chi connectivity index (χ0v) is 20.7. The van der Waals surface area contributed by atoms with Gasteiger partial charge in [0.2, 0.25) is 0 Å². The van der Waals surface area contributed by atoms with Crippen LogP contribution in [0.25, 0.3) is 0 Å². The highest BCUT2D eigenvalue weighted by molar-refractivity contribution is 5.69.